The summed E-state index contributed by atoms with van der Waals surface area (Å²) in [5.74, 6) is -0.445. The monoisotopic (exact) mass is 317 g/mol. The molecule has 0 aromatic heterocycles. The van der Waals surface area contributed by atoms with Crippen LogP contribution >= 0.6 is 0 Å². The fourth-order valence-corrected chi connectivity index (χ4v) is 1.53. The molecule has 0 radical (unpaired) electrons. The maximum Gasteiger partial charge on any atom is 0.258 e. The molecule has 0 unspecified atom stereocenters. The first-order valence-electron chi connectivity index (χ1n) is 7.24. The molecule has 1 aliphatic rings. The number of hydrogen-bond donors (Lipinski definition) is 0. The lowest BCUT2D eigenvalue weighted by Gasteiger charge is -2.14. The number of ketones is 2. The van der Waals surface area contributed by atoms with Gasteiger partial charge in [0.2, 0.25) is 0 Å². The molecule has 0 aromatic rings. The number of imide groups is 1. The highest BCUT2D eigenvalue weighted by Crippen LogP contribution is 2.14. The lowest BCUT2D eigenvalue weighted by Crippen LogP contribution is -2.28. The van der Waals surface area contributed by atoms with Crippen LogP contribution in [-0.2, 0) is 19.2 Å². The van der Waals surface area contributed by atoms with Crippen LogP contribution in [0.2, 0.25) is 0 Å². The summed E-state index contributed by atoms with van der Waals surface area (Å²) >= 11 is 0. The normalized spacial score (nSPS) is 14.1. The number of carbonyl (C=O) groups excluding carboxylic acids is 4. The van der Waals surface area contributed by atoms with E-state index in [2.05, 4.69) is 6.58 Å². The first-order chi connectivity index (χ1) is 10.7. The van der Waals surface area contributed by atoms with Gasteiger partial charge < -0.3 is 9.59 Å². The quantitative estimate of drug-likeness (QED) is 0.558. The first kappa shape index (κ1) is 20.4. The summed E-state index contributed by atoms with van der Waals surface area (Å²) in [6.07, 6.45) is 8.49. The van der Waals surface area contributed by atoms with Crippen molar-refractivity contribution in [1.29, 1.82) is 0 Å². The molecular formula is C18H23NO4. The molecule has 0 aliphatic carbocycles. The van der Waals surface area contributed by atoms with Crippen molar-refractivity contribution >= 4 is 23.4 Å². The van der Waals surface area contributed by atoms with Crippen LogP contribution in [0.1, 0.15) is 40.5 Å². The van der Waals surface area contributed by atoms with Gasteiger partial charge in [-0.1, -0.05) is 24.3 Å². The number of amides is 2. The molecule has 0 bridgehead atoms. The number of allylic oxidation sites excluding steroid dienone is 4. The SMILES string of the molecule is C=C(C)/C=C\C(=C/C)N1C(=O)C=CC1=O.CC(=O)CCC(C)=O. The Morgan fingerprint density at radius 3 is 1.74 bits per heavy atom. The molecule has 1 aliphatic heterocycles. The number of hydrogen-bond acceptors (Lipinski definition) is 4. The molecule has 5 nitrogen and oxygen atoms in total. The molecule has 5 heteroatoms. The molecule has 0 aromatic carbocycles. The maximum atomic E-state index is 11.4. The summed E-state index contributed by atoms with van der Waals surface area (Å²) in [6.45, 7) is 10.3. The Morgan fingerprint density at radius 2 is 1.43 bits per heavy atom. The summed E-state index contributed by atoms with van der Waals surface area (Å²) in [5, 5.41) is 0. The number of rotatable bonds is 6. The van der Waals surface area contributed by atoms with E-state index in [4.69, 9.17) is 0 Å². The van der Waals surface area contributed by atoms with Crippen molar-refractivity contribution in [3.8, 4) is 0 Å². The van der Waals surface area contributed by atoms with Gasteiger partial charge in [-0.05, 0) is 33.8 Å². The highest BCUT2D eigenvalue weighted by Gasteiger charge is 2.25. The van der Waals surface area contributed by atoms with Crippen molar-refractivity contribution < 1.29 is 19.2 Å². The third-order valence-corrected chi connectivity index (χ3v) is 2.73. The maximum absolute atomic E-state index is 11.4. The highest BCUT2D eigenvalue weighted by molar-refractivity contribution is 6.14. The van der Waals surface area contributed by atoms with Crippen LogP contribution in [0.15, 0.2) is 48.2 Å². The molecule has 0 saturated heterocycles. The lowest BCUT2D eigenvalue weighted by atomic mass is 10.2. The summed E-state index contributed by atoms with van der Waals surface area (Å²) in [6, 6.07) is 0. The Bertz CT molecular complexity index is 562. The van der Waals surface area contributed by atoms with Gasteiger partial charge in [-0.25, -0.2) is 4.90 Å². The van der Waals surface area contributed by atoms with E-state index in [1.165, 1.54) is 26.0 Å². The summed E-state index contributed by atoms with van der Waals surface area (Å²) < 4.78 is 0. The van der Waals surface area contributed by atoms with E-state index in [9.17, 15) is 19.2 Å². The zero-order valence-electron chi connectivity index (χ0n) is 14.1. The van der Waals surface area contributed by atoms with E-state index in [0.717, 1.165) is 10.5 Å². The van der Waals surface area contributed by atoms with Crippen LogP contribution in [0.3, 0.4) is 0 Å². The van der Waals surface area contributed by atoms with Crippen molar-refractivity contribution in [2.24, 2.45) is 0 Å². The minimum absolute atomic E-state index is 0.0835. The molecule has 23 heavy (non-hydrogen) atoms. The van der Waals surface area contributed by atoms with E-state index in [1.807, 2.05) is 6.92 Å². The topological polar surface area (TPSA) is 71.5 Å². The zero-order valence-corrected chi connectivity index (χ0v) is 14.1. The van der Waals surface area contributed by atoms with Crippen molar-refractivity contribution in [3.63, 3.8) is 0 Å². The fraction of sp³-hybridized carbons (Fsp3) is 0.333. The summed E-state index contributed by atoms with van der Waals surface area (Å²) in [7, 11) is 0. The van der Waals surface area contributed by atoms with Gasteiger partial charge in [0.1, 0.15) is 11.6 Å². The van der Waals surface area contributed by atoms with Crippen LogP contribution in [0.25, 0.3) is 0 Å². The average Bonchev–Trinajstić information content (AvgIpc) is 2.78. The van der Waals surface area contributed by atoms with Gasteiger partial charge in [0.25, 0.3) is 11.8 Å². The third-order valence-electron chi connectivity index (χ3n) is 2.73. The first-order valence-corrected chi connectivity index (χ1v) is 7.24. The fourth-order valence-electron chi connectivity index (χ4n) is 1.53. The minimum Gasteiger partial charge on any atom is -0.300 e. The second-order valence-corrected chi connectivity index (χ2v) is 5.14. The van der Waals surface area contributed by atoms with Gasteiger partial charge in [-0.15, -0.1) is 0 Å². The predicted octanol–water partition coefficient (Wildman–Crippen LogP) is 2.89. The Labute approximate surface area is 137 Å². The van der Waals surface area contributed by atoms with Crippen LogP contribution in [0.4, 0.5) is 0 Å². The third kappa shape index (κ3) is 8.46. The predicted molar refractivity (Wildman–Crippen MR) is 89.3 cm³/mol. The van der Waals surface area contributed by atoms with E-state index in [0.29, 0.717) is 18.5 Å². The van der Waals surface area contributed by atoms with Crippen LogP contribution < -0.4 is 0 Å². The molecule has 2 amide bonds. The van der Waals surface area contributed by atoms with Crippen LogP contribution in [0.5, 0.6) is 0 Å². The van der Waals surface area contributed by atoms with Gasteiger partial charge in [0.15, 0.2) is 0 Å². The van der Waals surface area contributed by atoms with Gasteiger partial charge in [-0.3, -0.25) is 9.59 Å². The number of Topliss-reactive ketones (excluding diaryl/α,β-unsaturated/α-hetero) is 2. The van der Waals surface area contributed by atoms with Gasteiger partial charge >= 0.3 is 0 Å². The average molecular weight is 317 g/mol. The molecule has 0 spiro atoms. The Kier molecular flexibility index (Phi) is 9.08. The standard InChI is InChI=1S/C12H13NO2.C6H10O2/c1-4-10(6-5-9(2)3)13-11(14)7-8-12(13)15;1-5(7)3-4-6(2)8/h4-8H,2H2,1,3H3;3-4H2,1-2H3/b6-5-,10-4+;. The van der Waals surface area contributed by atoms with Crippen molar-refractivity contribution in [3.05, 3.63) is 48.2 Å². The second kappa shape index (κ2) is 10.2. The van der Waals surface area contributed by atoms with E-state index < -0.39 is 0 Å². The molecule has 124 valence electrons. The van der Waals surface area contributed by atoms with Crippen molar-refractivity contribution in [2.75, 3.05) is 0 Å². The van der Waals surface area contributed by atoms with Gasteiger partial charge in [0, 0.05) is 30.7 Å². The minimum atomic E-state index is -0.306. The van der Waals surface area contributed by atoms with Crippen LogP contribution in [0, 0.1) is 0 Å². The molecular weight excluding hydrogens is 294 g/mol. The van der Waals surface area contributed by atoms with E-state index in [-0.39, 0.29) is 23.4 Å². The van der Waals surface area contributed by atoms with Gasteiger partial charge in [0.05, 0.1) is 0 Å². The van der Waals surface area contributed by atoms with Crippen LogP contribution in [-0.4, -0.2) is 28.3 Å². The van der Waals surface area contributed by atoms with Gasteiger partial charge in [-0.2, -0.15) is 0 Å². The lowest BCUT2D eigenvalue weighted by molar-refractivity contribution is -0.134. The smallest absolute Gasteiger partial charge is 0.258 e. The van der Waals surface area contributed by atoms with Crippen molar-refractivity contribution in [1.82, 2.24) is 4.90 Å². The molecule has 0 atom stereocenters. The summed E-state index contributed by atoms with van der Waals surface area (Å²) in [4.78, 5) is 44.2. The summed E-state index contributed by atoms with van der Waals surface area (Å²) in [5.41, 5.74) is 1.43. The largest absolute Gasteiger partial charge is 0.300 e. The van der Waals surface area contributed by atoms with E-state index in [1.54, 1.807) is 25.2 Å². The molecule has 0 fully saturated rings. The zero-order chi connectivity index (χ0) is 18.0. The second-order valence-electron chi connectivity index (χ2n) is 5.14. The molecule has 0 N–H and O–H groups in total. The molecule has 0 saturated carbocycles. The van der Waals surface area contributed by atoms with Crippen molar-refractivity contribution in [2.45, 2.75) is 40.5 Å². The van der Waals surface area contributed by atoms with E-state index >= 15 is 0 Å². The highest BCUT2D eigenvalue weighted by atomic mass is 16.2. The Hall–Kier alpha value is -2.56. The molecule has 1 heterocycles. The molecule has 1 rings (SSSR count). The Balaban J connectivity index is 0.000000515. The Morgan fingerprint density at radius 1 is 1.00 bits per heavy atom. The number of nitrogens with zero attached hydrogens (tertiary/aromatic N) is 1. The number of carbonyl (C=O) groups is 4.